The van der Waals surface area contributed by atoms with Crippen molar-refractivity contribution in [2.75, 3.05) is 7.11 Å². The zero-order valence-electron chi connectivity index (χ0n) is 8.07. The summed E-state index contributed by atoms with van der Waals surface area (Å²) in [6.07, 6.45) is 2.90. The highest BCUT2D eigenvalue weighted by molar-refractivity contribution is 6.54. The van der Waals surface area contributed by atoms with E-state index in [0.29, 0.717) is 5.73 Å². The van der Waals surface area contributed by atoms with E-state index in [1.54, 1.807) is 7.11 Å². The Morgan fingerprint density at radius 3 is 2.69 bits per heavy atom. The first kappa shape index (κ1) is 10.2. The summed E-state index contributed by atoms with van der Waals surface area (Å²) in [6.45, 7) is 3.73. The van der Waals surface area contributed by atoms with Crippen molar-refractivity contribution in [3.05, 3.63) is 43.0 Å². The molecule has 1 aromatic rings. The number of hydrogen-bond acceptors (Lipinski definition) is 1. The maximum absolute atomic E-state index is 5.39. The predicted octanol–water partition coefficient (Wildman–Crippen LogP) is 1.03. The zero-order chi connectivity index (χ0) is 9.52. The molecule has 1 aromatic carbocycles. The molecule has 0 bridgehead atoms. The normalized spacial score (nSPS) is 13.3. The summed E-state index contributed by atoms with van der Waals surface area (Å²) in [5.74, 6) is 0. The highest BCUT2D eigenvalue weighted by atomic mass is 28.2. The van der Waals surface area contributed by atoms with Crippen LogP contribution in [0, 0.1) is 0 Å². The third-order valence-electron chi connectivity index (χ3n) is 2.07. The van der Waals surface area contributed by atoms with Gasteiger partial charge in [0.1, 0.15) is 0 Å². The van der Waals surface area contributed by atoms with Crippen LogP contribution in [0.5, 0.6) is 0 Å². The van der Waals surface area contributed by atoms with Crippen LogP contribution in [0.25, 0.3) is 0 Å². The molecule has 2 heteroatoms. The van der Waals surface area contributed by atoms with Crippen molar-refractivity contribution < 1.29 is 4.74 Å². The van der Waals surface area contributed by atoms with Crippen LogP contribution in [0.4, 0.5) is 0 Å². The molecule has 0 spiro atoms. The van der Waals surface area contributed by atoms with Gasteiger partial charge in [-0.05, 0) is 6.42 Å². The molecule has 0 aliphatic heterocycles. The second-order valence-electron chi connectivity index (χ2n) is 3.07. The molecule has 70 valence electrons. The van der Waals surface area contributed by atoms with Gasteiger partial charge in [0.15, 0.2) is 0 Å². The van der Waals surface area contributed by atoms with E-state index in [9.17, 15) is 0 Å². The van der Waals surface area contributed by atoms with Gasteiger partial charge in [-0.15, -0.1) is 6.58 Å². The van der Waals surface area contributed by atoms with Crippen LogP contribution in [0.3, 0.4) is 0 Å². The minimum Gasteiger partial charge on any atom is -0.385 e. The van der Waals surface area contributed by atoms with Crippen LogP contribution in [0.1, 0.15) is 6.42 Å². The van der Waals surface area contributed by atoms with Crippen molar-refractivity contribution in [1.29, 1.82) is 0 Å². The van der Waals surface area contributed by atoms with Crippen molar-refractivity contribution >= 4 is 14.7 Å². The predicted molar refractivity (Wildman–Crippen MR) is 60.2 cm³/mol. The molecule has 13 heavy (non-hydrogen) atoms. The smallest absolute Gasteiger partial charge is 0.0891 e. The standard InChI is InChI=1S/C11H16OSi/c1-3-7-11(12-2)13-10-8-5-4-6-9-10/h3-6,8-9,11H,1,7,13H2,2H3. The molecule has 1 unspecified atom stereocenters. The summed E-state index contributed by atoms with van der Waals surface area (Å²) in [5, 5.41) is 1.45. The summed E-state index contributed by atoms with van der Waals surface area (Å²) >= 11 is 0. The van der Waals surface area contributed by atoms with Gasteiger partial charge in [-0.3, -0.25) is 0 Å². The third kappa shape index (κ3) is 3.57. The Balaban J connectivity index is 2.51. The topological polar surface area (TPSA) is 9.23 Å². The van der Waals surface area contributed by atoms with Gasteiger partial charge in [0.05, 0.1) is 9.52 Å². The van der Waals surface area contributed by atoms with Crippen molar-refractivity contribution in [3.8, 4) is 0 Å². The Morgan fingerprint density at radius 1 is 1.46 bits per heavy atom. The molecule has 0 heterocycles. The van der Waals surface area contributed by atoms with E-state index in [1.807, 2.05) is 12.1 Å². The van der Waals surface area contributed by atoms with Gasteiger partial charge >= 0.3 is 0 Å². The Bertz CT molecular complexity index is 246. The summed E-state index contributed by atoms with van der Waals surface area (Å²) in [7, 11) is 1.48. The molecule has 1 nitrogen and oxygen atoms in total. The van der Waals surface area contributed by atoms with Gasteiger partial charge in [0.25, 0.3) is 0 Å². The Morgan fingerprint density at radius 2 is 2.15 bits per heavy atom. The average molecular weight is 192 g/mol. The number of hydrogen-bond donors (Lipinski definition) is 0. The Labute approximate surface area is 82.3 Å². The van der Waals surface area contributed by atoms with Gasteiger partial charge in [-0.2, -0.15) is 0 Å². The van der Waals surface area contributed by atoms with Crippen molar-refractivity contribution in [2.45, 2.75) is 12.1 Å². The van der Waals surface area contributed by atoms with Crippen molar-refractivity contribution in [1.82, 2.24) is 0 Å². The molecule has 0 aliphatic carbocycles. The molecule has 0 aromatic heterocycles. The van der Waals surface area contributed by atoms with Crippen LogP contribution in [-0.2, 0) is 4.74 Å². The lowest BCUT2D eigenvalue weighted by molar-refractivity contribution is 0.167. The van der Waals surface area contributed by atoms with E-state index in [2.05, 4.69) is 30.8 Å². The molecule has 0 saturated heterocycles. The lowest BCUT2D eigenvalue weighted by Gasteiger charge is -2.11. The summed E-state index contributed by atoms with van der Waals surface area (Å²) in [6, 6.07) is 10.6. The fourth-order valence-electron chi connectivity index (χ4n) is 1.33. The van der Waals surface area contributed by atoms with E-state index in [0.717, 1.165) is 6.42 Å². The van der Waals surface area contributed by atoms with E-state index < -0.39 is 0 Å². The van der Waals surface area contributed by atoms with E-state index in [4.69, 9.17) is 4.74 Å². The maximum Gasteiger partial charge on any atom is 0.0891 e. The molecule has 0 N–H and O–H groups in total. The average Bonchev–Trinajstić information content (AvgIpc) is 2.19. The SMILES string of the molecule is C=CCC(OC)[SiH2]c1ccccc1. The van der Waals surface area contributed by atoms with Crippen LogP contribution in [-0.4, -0.2) is 22.4 Å². The molecule has 1 atom stereocenters. The monoisotopic (exact) mass is 192 g/mol. The fourth-order valence-corrected chi connectivity index (χ4v) is 2.96. The number of ether oxygens (including phenoxy) is 1. The van der Waals surface area contributed by atoms with Gasteiger partial charge in [-0.25, -0.2) is 0 Å². The lowest BCUT2D eigenvalue weighted by Crippen LogP contribution is -2.28. The van der Waals surface area contributed by atoms with Gasteiger partial charge in [0.2, 0.25) is 0 Å². The molecular formula is C11H16OSi. The zero-order valence-corrected chi connectivity index (χ0v) is 9.49. The molecule has 1 rings (SSSR count). The van der Waals surface area contributed by atoms with Crippen LogP contribution < -0.4 is 5.19 Å². The van der Waals surface area contributed by atoms with Gasteiger partial charge in [-0.1, -0.05) is 41.6 Å². The van der Waals surface area contributed by atoms with Crippen LogP contribution >= 0.6 is 0 Å². The van der Waals surface area contributed by atoms with Crippen LogP contribution in [0.2, 0.25) is 0 Å². The lowest BCUT2D eigenvalue weighted by atomic mass is 10.4. The van der Waals surface area contributed by atoms with Crippen molar-refractivity contribution in [2.24, 2.45) is 0 Å². The molecule has 0 saturated carbocycles. The number of rotatable bonds is 5. The molecule has 0 fully saturated rings. The second-order valence-corrected chi connectivity index (χ2v) is 5.21. The molecule has 0 radical (unpaired) electrons. The first-order valence-electron chi connectivity index (χ1n) is 4.54. The highest BCUT2D eigenvalue weighted by Crippen LogP contribution is 1.95. The summed E-state index contributed by atoms with van der Waals surface area (Å²) < 4.78 is 5.39. The minimum absolute atomic E-state index is 0.302. The summed E-state index contributed by atoms with van der Waals surface area (Å²) in [5.41, 5.74) is 0.403. The Hall–Kier alpha value is -0.863. The van der Waals surface area contributed by atoms with Gasteiger partial charge < -0.3 is 4.74 Å². The van der Waals surface area contributed by atoms with Gasteiger partial charge in [0, 0.05) is 12.8 Å². The molecule has 0 amide bonds. The van der Waals surface area contributed by atoms with E-state index >= 15 is 0 Å². The second kappa shape index (κ2) is 5.73. The summed E-state index contributed by atoms with van der Waals surface area (Å²) in [4.78, 5) is 0. The minimum atomic E-state index is -0.302. The van der Waals surface area contributed by atoms with E-state index in [1.165, 1.54) is 5.19 Å². The van der Waals surface area contributed by atoms with E-state index in [-0.39, 0.29) is 9.52 Å². The highest BCUT2D eigenvalue weighted by Gasteiger charge is 2.06. The first-order valence-corrected chi connectivity index (χ1v) is 6.06. The third-order valence-corrected chi connectivity index (χ3v) is 4.13. The quantitative estimate of drug-likeness (QED) is 0.500. The first-order chi connectivity index (χ1) is 6.36. The maximum atomic E-state index is 5.39. The Kier molecular flexibility index (Phi) is 4.50. The fraction of sp³-hybridized carbons (Fsp3) is 0.273. The number of methoxy groups -OCH3 is 1. The number of benzene rings is 1. The van der Waals surface area contributed by atoms with Crippen molar-refractivity contribution in [3.63, 3.8) is 0 Å². The van der Waals surface area contributed by atoms with Crippen LogP contribution in [0.15, 0.2) is 43.0 Å². The molecular weight excluding hydrogens is 176 g/mol. The largest absolute Gasteiger partial charge is 0.385 e. The molecule has 0 aliphatic rings.